The predicted molar refractivity (Wildman–Crippen MR) is 99.3 cm³/mol. The molecule has 1 heterocycles. The summed E-state index contributed by atoms with van der Waals surface area (Å²) in [6.07, 6.45) is 0.693. The van der Waals surface area contributed by atoms with Crippen LogP contribution in [0, 0.1) is 5.92 Å². The van der Waals surface area contributed by atoms with Crippen LogP contribution in [0.2, 0.25) is 0 Å². The lowest BCUT2D eigenvalue weighted by Gasteiger charge is -2.31. The van der Waals surface area contributed by atoms with E-state index in [0.29, 0.717) is 12.3 Å². The molecule has 0 bridgehead atoms. The number of fused-ring (bicyclic) bond motifs is 1. The van der Waals surface area contributed by atoms with E-state index in [4.69, 9.17) is 5.73 Å². The molecule has 1 aromatic rings. The van der Waals surface area contributed by atoms with Gasteiger partial charge in [-0.05, 0) is 51.3 Å². The van der Waals surface area contributed by atoms with Crippen LogP contribution in [0.5, 0.6) is 0 Å². The van der Waals surface area contributed by atoms with Crippen LogP contribution in [0.25, 0.3) is 0 Å². The van der Waals surface area contributed by atoms with Gasteiger partial charge in [0.1, 0.15) is 4.90 Å². The fourth-order valence-corrected chi connectivity index (χ4v) is 5.13. The molecule has 0 fully saturated rings. The van der Waals surface area contributed by atoms with Crippen LogP contribution >= 0.6 is 0 Å². The summed E-state index contributed by atoms with van der Waals surface area (Å²) >= 11 is 0. The van der Waals surface area contributed by atoms with Gasteiger partial charge in [0.2, 0.25) is 0 Å². The highest BCUT2D eigenvalue weighted by Gasteiger charge is 2.43. The van der Waals surface area contributed by atoms with E-state index in [9.17, 15) is 18.0 Å². The third-order valence-electron chi connectivity index (χ3n) is 4.40. The molecule has 1 unspecified atom stereocenters. The summed E-state index contributed by atoms with van der Waals surface area (Å²) in [7, 11) is -3.94. The van der Waals surface area contributed by atoms with Crippen molar-refractivity contribution >= 4 is 21.8 Å². The molecule has 0 saturated heterocycles. The first-order valence-electron chi connectivity index (χ1n) is 8.68. The Labute approximate surface area is 155 Å². The highest BCUT2D eigenvalue weighted by atomic mass is 32.2. The first-order chi connectivity index (χ1) is 11.9. The van der Waals surface area contributed by atoms with Crippen molar-refractivity contribution in [2.75, 3.05) is 6.54 Å². The Kier molecular flexibility index (Phi) is 5.49. The Balaban J connectivity index is 2.37. The SMILES string of the molecule is CC(C)CC(C)(CN)NC(=O)c1ccc2c(c1)S(=O)(=O)N(C(C)C)C2=O. The Hall–Kier alpha value is -1.93. The highest BCUT2D eigenvalue weighted by Crippen LogP contribution is 2.32. The minimum absolute atomic E-state index is 0.0963. The molecule has 0 saturated carbocycles. The number of hydrogen-bond donors (Lipinski definition) is 2. The van der Waals surface area contributed by atoms with E-state index < -0.39 is 33.4 Å². The Bertz CT molecular complexity index is 833. The standard InChI is InChI=1S/C18H27N3O4S/c1-11(2)9-18(5,10-19)20-16(22)13-6-7-14-15(8-13)26(24,25)21(12(3)4)17(14)23/h6-8,11-12H,9-10,19H2,1-5H3,(H,20,22). The maximum atomic E-state index is 12.7. The van der Waals surface area contributed by atoms with E-state index in [0.717, 1.165) is 4.31 Å². The predicted octanol–water partition coefficient (Wildman–Crippen LogP) is 1.73. The summed E-state index contributed by atoms with van der Waals surface area (Å²) in [5.74, 6) is -0.637. The zero-order valence-corrected chi connectivity index (χ0v) is 16.7. The molecule has 1 aromatic carbocycles. The van der Waals surface area contributed by atoms with Crippen molar-refractivity contribution in [3.05, 3.63) is 29.3 Å². The average molecular weight is 381 g/mol. The second kappa shape index (κ2) is 7.00. The van der Waals surface area contributed by atoms with Crippen LogP contribution in [0.3, 0.4) is 0 Å². The van der Waals surface area contributed by atoms with Crippen LogP contribution < -0.4 is 11.1 Å². The van der Waals surface area contributed by atoms with Gasteiger partial charge in [0.25, 0.3) is 21.8 Å². The summed E-state index contributed by atoms with van der Waals surface area (Å²) < 4.78 is 26.2. The Morgan fingerprint density at radius 1 is 1.27 bits per heavy atom. The number of hydrogen-bond acceptors (Lipinski definition) is 5. The summed E-state index contributed by atoms with van der Waals surface area (Å²) in [6.45, 7) is 9.46. The maximum Gasteiger partial charge on any atom is 0.269 e. The Morgan fingerprint density at radius 3 is 2.38 bits per heavy atom. The number of nitrogens with zero attached hydrogens (tertiary/aromatic N) is 1. The molecule has 2 amide bonds. The number of benzene rings is 1. The molecule has 7 nitrogen and oxygen atoms in total. The third-order valence-corrected chi connectivity index (χ3v) is 6.40. The molecule has 144 valence electrons. The highest BCUT2D eigenvalue weighted by molar-refractivity contribution is 7.90. The molecule has 3 N–H and O–H groups in total. The Morgan fingerprint density at radius 2 is 1.88 bits per heavy atom. The molecular weight excluding hydrogens is 354 g/mol. The van der Waals surface area contributed by atoms with Gasteiger partial charge in [-0.2, -0.15) is 0 Å². The van der Waals surface area contributed by atoms with Gasteiger partial charge in [0, 0.05) is 23.7 Å². The normalized spacial score (nSPS) is 18.2. The quantitative estimate of drug-likeness (QED) is 0.780. The maximum absolute atomic E-state index is 12.7. The van der Waals surface area contributed by atoms with E-state index in [2.05, 4.69) is 5.32 Å². The number of carbonyl (C=O) groups excluding carboxylic acids is 2. The van der Waals surface area contributed by atoms with E-state index in [-0.39, 0.29) is 22.6 Å². The molecule has 0 spiro atoms. The smallest absolute Gasteiger partial charge is 0.269 e. The summed E-state index contributed by atoms with van der Waals surface area (Å²) in [5.41, 5.74) is 5.51. The monoisotopic (exact) mass is 381 g/mol. The molecule has 0 aliphatic carbocycles. The van der Waals surface area contributed by atoms with Crippen LogP contribution in [-0.4, -0.2) is 42.7 Å². The van der Waals surface area contributed by atoms with Gasteiger partial charge in [-0.3, -0.25) is 9.59 Å². The summed E-state index contributed by atoms with van der Waals surface area (Å²) in [4.78, 5) is 24.9. The van der Waals surface area contributed by atoms with E-state index in [1.54, 1.807) is 13.8 Å². The van der Waals surface area contributed by atoms with Crippen LogP contribution in [0.4, 0.5) is 0 Å². The lowest BCUT2D eigenvalue weighted by atomic mass is 9.90. The van der Waals surface area contributed by atoms with E-state index in [1.165, 1.54) is 18.2 Å². The molecular formula is C18H27N3O4S. The number of nitrogens with two attached hydrogens (primary N) is 1. The summed E-state index contributed by atoms with van der Waals surface area (Å²) in [6, 6.07) is 3.64. The van der Waals surface area contributed by atoms with Gasteiger partial charge in [0.15, 0.2) is 0 Å². The van der Waals surface area contributed by atoms with E-state index in [1.807, 2.05) is 20.8 Å². The fraction of sp³-hybridized carbons (Fsp3) is 0.556. The van der Waals surface area contributed by atoms with Crippen LogP contribution in [0.15, 0.2) is 23.1 Å². The van der Waals surface area contributed by atoms with Crippen LogP contribution in [-0.2, 0) is 10.0 Å². The van der Waals surface area contributed by atoms with Gasteiger partial charge in [-0.1, -0.05) is 13.8 Å². The minimum Gasteiger partial charge on any atom is -0.346 e. The number of sulfonamides is 1. The second-order valence-electron chi connectivity index (χ2n) is 7.73. The minimum atomic E-state index is -3.94. The molecule has 0 radical (unpaired) electrons. The van der Waals surface area contributed by atoms with Gasteiger partial charge < -0.3 is 11.1 Å². The van der Waals surface area contributed by atoms with Crippen molar-refractivity contribution in [3.8, 4) is 0 Å². The molecule has 1 aliphatic rings. The third kappa shape index (κ3) is 3.61. The summed E-state index contributed by atoms with van der Waals surface area (Å²) in [5, 5.41) is 2.90. The van der Waals surface area contributed by atoms with Crippen molar-refractivity contribution in [2.45, 2.75) is 57.5 Å². The topological polar surface area (TPSA) is 110 Å². The number of nitrogens with one attached hydrogen (secondary N) is 1. The van der Waals surface area contributed by atoms with Crippen molar-refractivity contribution in [3.63, 3.8) is 0 Å². The van der Waals surface area contributed by atoms with Crippen LogP contribution in [0.1, 0.15) is 61.8 Å². The molecule has 0 aromatic heterocycles. The van der Waals surface area contributed by atoms with Crippen molar-refractivity contribution in [1.82, 2.24) is 9.62 Å². The molecule has 8 heteroatoms. The fourth-order valence-electron chi connectivity index (χ4n) is 3.33. The zero-order valence-electron chi connectivity index (χ0n) is 15.9. The first-order valence-corrected chi connectivity index (χ1v) is 10.1. The molecule has 1 atom stereocenters. The number of amides is 2. The molecule has 1 aliphatic heterocycles. The van der Waals surface area contributed by atoms with Crippen molar-refractivity contribution < 1.29 is 18.0 Å². The van der Waals surface area contributed by atoms with Crippen molar-refractivity contribution in [1.29, 1.82) is 0 Å². The zero-order chi connectivity index (χ0) is 19.9. The van der Waals surface area contributed by atoms with Gasteiger partial charge in [0.05, 0.1) is 5.56 Å². The van der Waals surface area contributed by atoms with Gasteiger partial charge >= 0.3 is 0 Å². The second-order valence-corrected chi connectivity index (χ2v) is 9.51. The van der Waals surface area contributed by atoms with Gasteiger partial charge in [-0.25, -0.2) is 12.7 Å². The molecule has 26 heavy (non-hydrogen) atoms. The first kappa shape index (κ1) is 20.4. The lowest BCUT2D eigenvalue weighted by molar-refractivity contribution is 0.0843. The average Bonchev–Trinajstić information content (AvgIpc) is 2.72. The van der Waals surface area contributed by atoms with E-state index >= 15 is 0 Å². The van der Waals surface area contributed by atoms with Crippen molar-refractivity contribution in [2.24, 2.45) is 11.7 Å². The number of rotatable bonds is 6. The van der Waals surface area contributed by atoms with Gasteiger partial charge in [-0.15, -0.1) is 0 Å². The number of carbonyl (C=O) groups is 2. The largest absolute Gasteiger partial charge is 0.346 e. The lowest BCUT2D eigenvalue weighted by Crippen LogP contribution is -2.52. The molecule has 2 rings (SSSR count).